The Bertz CT molecular complexity index is 965. The fourth-order valence-corrected chi connectivity index (χ4v) is 2.37. The number of hydrogen-bond acceptors (Lipinski definition) is 4. The molecule has 0 saturated heterocycles. The molecule has 0 bridgehead atoms. The number of halogens is 1. The van der Waals surface area contributed by atoms with E-state index in [2.05, 4.69) is 25.5 Å². The number of fused-ring (bicyclic) bond motifs is 1. The number of nitrogens with one attached hydrogen (secondary N) is 2. The minimum absolute atomic E-state index is 0.303. The second-order valence-corrected chi connectivity index (χ2v) is 5.01. The lowest BCUT2D eigenvalue weighted by molar-refractivity contribution is 0.629. The number of nitrogens with zero attached hydrogens (tertiary/aromatic N) is 3. The van der Waals surface area contributed by atoms with Gasteiger partial charge in [0.05, 0.1) is 16.9 Å². The molecule has 3 aromatic heterocycles. The first-order chi connectivity index (χ1) is 11.3. The second kappa shape index (κ2) is 5.49. The molecule has 0 unspecified atom stereocenters. The molecule has 112 valence electrons. The Morgan fingerprint density at radius 3 is 2.74 bits per heavy atom. The minimum atomic E-state index is -0.303. The zero-order chi connectivity index (χ0) is 15.6. The maximum atomic E-state index is 13.2. The van der Waals surface area contributed by atoms with Crippen molar-refractivity contribution in [3.63, 3.8) is 0 Å². The molecule has 5 nitrogen and oxygen atoms in total. The summed E-state index contributed by atoms with van der Waals surface area (Å²) in [6.45, 7) is 0. The number of pyridine rings is 2. The molecule has 0 aliphatic rings. The van der Waals surface area contributed by atoms with Crippen LogP contribution < -0.4 is 5.32 Å². The van der Waals surface area contributed by atoms with Crippen LogP contribution in [0.4, 0.5) is 16.0 Å². The van der Waals surface area contributed by atoms with E-state index in [9.17, 15) is 4.39 Å². The normalized spacial score (nSPS) is 10.8. The lowest BCUT2D eigenvalue weighted by Crippen LogP contribution is -1.96. The summed E-state index contributed by atoms with van der Waals surface area (Å²) in [5.41, 5.74) is 2.19. The van der Waals surface area contributed by atoms with E-state index in [0.29, 0.717) is 17.2 Å². The van der Waals surface area contributed by atoms with Gasteiger partial charge in [-0.3, -0.25) is 10.1 Å². The van der Waals surface area contributed by atoms with E-state index >= 15 is 0 Å². The SMILES string of the molecule is Fc1ccc2c(Nc3cccc(-c4ccccn4)n3)n[nH]c2c1. The monoisotopic (exact) mass is 305 g/mol. The zero-order valence-corrected chi connectivity index (χ0v) is 12.0. The standard InChI is InChI=1S/C17H12FN5/c18-11-7-8-12-15(10-11)22-23-17(12)21-16-6-3-5-14(20-16)13-4-1-2-9-19-13/h1-10H,(H2,20,21,22,23). The first kappa shape index (κ1) is 13.4. The van der Waals surface area contributed by atoms with Crippen LogP contribution in [0.2, 0.25) is 0 Å². The van der Waals surface area contributed by atoms with Gasteiger partial charge in [-0.05, 0) is 42.5 Å². The van der Waals surface area contributed by atoms with Crippen molar-refractivity contribution in [3.8, 4) is 11.4 Å². The van der Waals surface area contributed by atoms with Crippen molar-refractivity contribution in [2.75, 3.05) is 5.32 Å². The molecular formula is C17H12FN5. The van der Waals surface area contributed by atoms with E-state index in [-0.39, 0.29) is 5.82 Å². The van der Waals surface area contributed by atoms with Crippen molar-refractivity contribution in [2.24, 2.45) is 0 Å². The number of hydrogen-bond donors (Lipinski definition) is 2. The van der Waals surface area contributed by atoms with Gasteiger partial charge in [-0.2, -0.15) is 5.10 Å². The van der Waals surface area contributed by atoms with Gasteiger partial charge in [0.1, 0.15) is 11.6 Å². The van der Waals surface area contributed by atoms with Crippen molar-refractivity contribution in [1.29, 1.82) is 0 Å². The van der Waals surface area contributed by atoms with Crippen LogP contribution in [0.1, 0.15) is 0 Å². The highest BCUT2D eigenvalue weighted by Crippen LogP contribution is 2.24. The Labute approximate surface area is 131 Å². The third-order valence-corrected chi connectivity index (χ3v) is 3.45. The van der Waals surface area contributed by atoms with E-state index in [1.54, 1.807) is 12.3 Å². The van der Waals surface area contributed by atoms with Crippen LogP contribution in [0, 0.1) is 5.82 Å². The highest BCUT2D eigenvalue weighted by Gasteiger charge is 2.08. The van der Waals surface area contributed by atoms with E-state index < -0.39 is 0 Å². The average Bonchev–Trinajstić information content (AvgIpc) is 2.98. The van der Waals surface area contributed by atoms with Gasteiger partial charge in [0.2, 0.25) is 0 Å². The summed E-state index contributed by atoms with van der Waals surface area (Å²) < 4.78 is 13.2. The van der Waals surface area contributed by atoms with Gasteiger partial charge in [-0.25, -0.2) is 9.37 Å². The summed E-state index contributed by atoms with van der Waals surface area (Å²) >= 11 is 0. The van der Waals surface area contributed by atoms with E-state index in [0.717, 1.165) is 16.8 Å². The first-order valence-corrected chi connectivity index (χ1v) is 7.09. The molecular weight excluding hydrogens is 293 g/mol. The molecule has 6 heteroatoms. The van der Waals surface area contributed by atoms with Crippen molar-refractivity contribution < 1.29 is 4.39 Å². The lowest BCUT2D eigenvalue weighted by Gasteiger charge is -2.05. The number of anilines is 2. The van der Waals surface area contributed by atoms with Crippen LogP contribution in [-0.2, 0) is 0 Å². The highest BCUT2D eigenvalue weighted by molar-refractivity contribution is 5.91. The Hall–Kier alpha value is -3.28. The molecule has 1 aromatic carbocycles. The van der Waals surface area contributed by atoms with Crippen molar-refractivity contribution in [1.82, 2.24) is 20.2 Å². The average molecular weight is 305 g/mol. The van der Waals surface area contributed by atoms with Gasteiger partial charge in [-0.1, -0.05) is 12.1 Å². The zero-order valence-electron chi connectivity index (χ0n) is 12.0. The molecule has 0 spiro atoms. The molecule has 0 aliphatic heterocycles. The Morgan fingerprint density at radius 2 is 1.87 bits per heavy atom. The van der Waals surface area contributed by atoms with Crippen molar-refractivity contribution >= 4 is 22.5 Å². The molecule has 2 N–H and O–H groups in total. The molecule has 0 fully saturated rings. The van der Waals surface area contributed by atoms with Gasteiger partial charge < -0.3 is 5.32 Å². The van der Waals surface area contributed by atoms with Crippen LogP contribution in [0.3, 0.4) is 0 Å². The molecule has 0 saturated carbocycles. The maximum Gasteiger partial charge on any atom is 0.161 e. The number of rotatable bonds is 3. The number of benzene rings is 1. The van der Waals surface area contributed by atoms with Gasteiger partial charge in [0.15, 0.2) is 5.82 Å². The quantitative estimate of drug-likeness (QED) is 0.602. The van der Waals surface area contributed by atoms with Crippen molar-refractivity contribution in [2.45, 2.75) is 0 Å². The van der Waals surface area contributed by atoms with Crippen LogP contribution in [-0.4, -0.2) is 20.2 Å². The Balaban J connectivity index is 1.68. The Kier molecular flexibility index (Phi) is 3.20. The summed E-state index contributed by atoms with van der Waals surface area (Å²) in [6, 6.07) is 15.8. The first-order valence-electron chi connectivity index (χ1n) is 7.09. The topological polar surface area (TPSA) is 66.5 Å². The molecule has 4 rings (SSSR count). The molecule has 23 heavy (non-hydrogen) atoms. The smallest absolute Gasteiger partial charge is 0.161 e. The fourth-order valence-electron chi connectivity index (χ4n) is 2.37. The summed E-state index contributed by atoms with van der Waals surface area (Å²) in [5, 5.41) is 10.9. The Morgan fingerprint density at radius 1 is 0.957 bits per heavy atom. The molecule has 4 aromatic rings. The fraction of sp³-hybridized carbons (Fsp3) is 0. The van der Waals surface area contributed by atoms with E-state index in [1.807, 2.05) is 36.4 Å². The second-order valence-electron chi connectivity index (χ2n) is 5.01. The maximum absolute atomic E-state index is 13.2. The lowest BCUT2D eigenvalue weighted by atomic mass is 10.2. The number of aromatic amines is 1. The summed E-state index contributed by atoms with van der Waals surface area (Å²) in [6.07, 6.45) is 1.73. The molecule has 0 atom stereocenters. The summed E-state index contributed by atoms with van der Waals surface area (Å²) in [5.74, 6) is 0.944. The predicted molar refractivity (Wildman–Crippen MR) is 86.8 cm³/mol. The van der Waals surface area contributed by atoms with E-state index in [4.69, 9.17) is 0 Å². The molecule has 0 amide bonds. The molecule has 0 aliphatic carbocycles. The summed E-state index contributed by atoms with van der Waals surface area (Å²) in [7, 11) is 0. The highest BCUT2D eigenvalue weighted by atomic mass is 19.1. The van der Waals surface area contributed by atoms with Gasteiger partial charge in [-0.15, -0.1) is 0 Å². The number of H-pyrrole nitrogens is 1. The minimum Gasteiger partial charge on any atom is -0.323 e. The van der Waals surface area contributed by atoms with Gasteiger partial charge in [0, 0.05) is 11.6 Å². The van der Waals surface area contributed by atoms with Gasteiger partial charge in [0.25, 0.3) is 0 Å². The largest absolute Gasteiger partial charge is 0.323 e. The van der Waals surface area contributed by atoms with Crippen LogP contribution in [0.5, 0.6) is 0 Å². The van der Waals surface area contributed by atoms with Crippen LogP contribution in [0.25, 0.3) is 22.3 Å². The summed E-state index contributed by atoms with van der Waals surface area (Å²) in [4.78, 5) is 8.83. The van der Waals surface area contributed by atoms with E-state index in [1.165, 1.54) is 12.1 Å². The van der Waals surface area contributed by atoms with Gasteiger partial charge >= 0.3 is 0 Å². The van der Waals surface area contributed by atoms with Crippen LogP contribution >= 0.6 is 0 Å². The third kappa shape index (κ3) is 2.62. The number of aromatic nitrogens is 4. The molecule has 3 heterocycles. The van der Waals surface area contributed by atoms with Crippen molar-refractivity contribution in [3.05, 3.63) is 66.6 Å². The molecule has 0 radical (unpaired) electrons. The predicted octanol–water partition coefficient (Wildman–Crippen LogP) is 3.90. The third-order valence-electron chi connectivity index (χ3n) is 3.45. The van der Waals surface area contributed by atoms with Crippen LogP contribution in [0.15, 0.2) is 60.8 Å².